The van der Waals surface area contributed by atoms with Crippen molar-refractivity contribution in [2.75, 3.05) is 20.8 Å². The van der Waals surface area contributed by atoms with Gasteiger partial charge in [-0.3, -0.25) is 4.79 Å². The van der Waals surface area contributed by atoms with Gasteiger partial charge in [-0.05, 0) is 0 Å². The second kappa shape index (κ2) is 4.99. The van der Waals surface area contributed by atoms with Gasteiger partial charge in [0.1, 0.15) is 3.92 Å². The first-order valence-corrected chi connectivity index (χ1v) is 3.67. The summed E-state index contributed by atoms with van der Waals surface area (Å²) in [6.07, 6.45) is 0. The molecule has 0 aromatic heterocycles. The molecule has 0 aliphatic heterocycles. The summed E-state index contributed by atoms with van der Waals surface area (Å²) in [4.78, 5) is 10.6. The van der Waals surface area contributed by atoms with Crippen LogP contribution in [0.3, 0.4) is 0 Å². The molecular formula is C5H9IO3. The molecule has 54 valence electrons. The van der Waals surface area contributed by atoms with E-state index in [1.54, 1.807) is 7.11 Å². The molecule has 4 heteroatoms. The Hall–Kier alpha value is 0.160. The van der Waals surface area contributed by atoms with E-state index in [2.05, 4.69) is 4.74 Å². The van der Waals surface area contributed by atoms with Gasteiger partial charge in [-0.1, -0.05) is 22.6 Å². The van der Waals surface area contributed by atoms with Crippen LogP contribution in [0.4, 0.5) is 0 Å². The van der Waals surface area contributed by atoms with E-state index in [0.717, 1.165) is 0 Å². The van der Waals surface area contributed by atoms with E-state index in [-0.39, 0.29) is 9.89 Å². The number of hydrogen-bond acceptors (Lipinski definition) is 3. The topological polar surface area (TPSA) is 35.5 Å². The Labute approximate surface area is 67.8 Å². The summed E-state index contributed by atoms with van der Waals surface area (Å²) in [7, 11) is 2.91. The lowest BCUT2D eigenvalue weighted by molar-refractivity contribution is -0.140. The molecule has 0 N–H and O–H groups in total. The van der Waals surface area contributed by atoms with E-state index in [4.69, 9.17) is 4.74 Å². The standard InChI is InChI=1S/C5H9IO3/c1-8-3-4(6)5(7)9-2/h4H,3H2,1-2H3. The van der Waals surface area contributed by atoms with Crippen LogP contribution in [0, 0.1) is 0 Å². The highest BCUT2D eigenvalue weighted by Gasteiger charge is 2.13. The highest BCUT2D eigenvalue weighted by molar-refractivity contribution is 14.1. The van der Waals surface area contributed by atoms with Crippen LogP contribution in [0.25, 0.3) is 0 Å². The first kappa shape index (κ1) is 9.16. The summed E-state index contributed by atoms with van der Waals surface area (Å²) >= 11 is 1.97. The average Bonchev–Trinajstić information content (AvgIpc) is 1.87. The first-order chi connectivity index (χ1) is 4.22. The summed E-state index contributed by atoms with van der Waals surface area (Å²) in [6.45, 7) is 0.410. The zero-order valence-electron chi connectivity index (χ0n) is 5.39. The number of alkyl halides is 1. The van der Waals surface area contributed by atoms with Gasteiger partial charge in [-0.2, -0.15) is 0 Å². The number of hydrogen-bond donors (Lipinski definition) is 0. The van der Waals surface area contributed by atoms with Crippen molar-refractivity contribution in [3.8, 4) is 0 Å². The second-order valence-electron chi connectivity index (χ2n) is 1.45. The molecule has 3 nitrogen and oxygen atoms in total. The second-order valence-corrected chi connectivity index (χ2v) is 2.95. The number of carbonyl (C=O) groups is 1. The maximum absolute atomic E-state index is 10.6. The predicted molar refractivity (Wildman–Crippen MR) is 41.7 cm³/mol. The molecular weight excluding hydrogens is 235 g/mol. The predicted octanol–water partition coefficient (Wildman–Crippen LogP) is 0.609. The molecule has 0 saturated carbocycles. The molecule has 0 saturated heterocycles. The van der Waals surface area contributed by atoms with Gasteiger partial charge in [0, 0.05) is 7.11 Å². The molecule has 0 amide bonds. The van der Waals surface area contributed by atoms with Crippen molar-refractivity contribution in [1.29, 1.82) is 0 Å². The largest absolute Gasteiger partial charge is 0.468 e. The molecule has 0 bridgehead atoms. The molecule has 0 spiro atoms. The minimum absolute atomic E-state index is 0.183. The molecule has 0 rings (SSSR count). The molecule has 0 radical (unpaired) electrons. The van der Waals surface area contributed by atoms with Gasteiger partial charge in [-0.15, -0.1) is 0 Å². The van der Waals surface area contributed by atoms with E-state index in [0.29, 0.717) is 6.61 Å². The van der Waals surface area contributed by atoms with Crippen molar-refractivity contribution in [3.05, 3.63) is 0 Å². The van der Waals surface area contributed by atoms with Crippen molar-refractivity contribution in [2.45, 2.75) is 3.92 Å². The van der Waals surface area contributed by atoms with Crippen LogP contribution in [-0.4, -0.2) is 30.7 Å². The van der Waals surface area contributed by atoms with Crippen LogP contribution in [-0.2, 0) is 14.3 Å². The fourth-order valence-corrected chi connectivity index (χ4v) is 0.956. The normalized spacial score (nSPS) is 12.8. The fourth-order valence-electron chi connectivity index (χ4n) is 0.342. The number of rotatable bonds is 3. The maximum Gasteiger partial charge on any atom is 0.320 e. The van der Waals surface area contributed by atoms with Gasteiger partial charge < -0.3 is 9.47 Å². The summed E-state index contributed by atoms with van der Waals surface area (Å²) in [5.74, 6) is -0.238. The SMILES string of the molecule is COCC(I)C(=O)OC. The number of methoxy groups -OCH3 is 2. The molecule has 1 unspecified atom stereocenters. The molecule has 1 atom stereocenters. The van der Waals surface area contributed by atoms with E-state index < -0.39 is 0 Å². The van der Waals surface area contributed by atoms with Gasteiger partial charge in [-0.25, -0.2) is 0 Å². The maximum atomic E-state index is 10.6. The molecule has 0 aliphatic rings. The number of esters is 1. The third kappa shape index (κ3) is 3.69. The van der Waals surface area contributed by atoms with Gasteiger partial charge in [0.25, 0.3) is 0 Å². The summed E-state index contributed by atoms with van der Waals surface area (Å²) in [5.41, 5.74) is 0. The van der Waals surface area contributed by atoms with E-state index in [9.17, 15) is 4.79 Å². The van der Waals surface area contributed by atoms with E-state index in [1.807, 2.05) is 22.6 Å². The van der Waals surface area contributed by atoms with Crippen molar-refractivity contribution >= 4 is 28.6 Å². The van der Waals surface area contributed by atoms with Gasteiger partial charge in [0.2, 0.25) is 0 Å². The quantitative estimate of drug-likeness (QED) is 0.414. The average molecular weight is 244 g/mol. The third-order valence-corrected chi connectivity index (χ3v) is 1.64. The lowest BCUT2D eigenvalue weighted by Crippen LogP contribution is -2.20. The molecule has 0 heterocycles. The lowest BCUT2D eigenvalue weighted by Gasteiger charge is -2.03. The van der Waals surface area contributed by atoms with Crippen LogP contribution < -0.4 is 0 Å². The first-order valence-electron chi connectivity index (χ1n) is 2.43. The smallest absolute Gasteiger partial charge is 0.320 e. The molecule has 0 aromatic rings. The minimum Gasteiger partial charge on any atom is -0.468 e. The zero-order valence-corrected chi connectivity index (χ0v) is 7.54. The molecule has 9 heavy (non-hydrogen) atoms. The Morgan fingerprint density at radius 2 is 2.22 bits per heavy atom. The monoisotopic (exact) mass is 244 g/mol. The molecule has 0 aromatic carbocycles. The third-order valence-electron chi connectivity index (χ3n) is 0.770. The summed E-state index contributed by atoms with van der Waals surface area (Å²) < 4.78 is 8.97. The fraction of sp³-hybridized carbons (Fsp3) is 0.800. The lowest BCUT2D eigenvalue weighted by atomic mass is 10.5. The molecule has 0 fully saturated rings. The number of halogens is 1. The number of carbonyl (C=O) groups excluding carboxylic acids is 1. The number of ether oxygens (including phenoxy) is 2. The van der Waals surface area contributed by atoms with Crippen molar-refractivity contribution < 1.29 is 14.3 Å². The highest BCUT2D eigenvalue weighted by atomic mass is 127. The van der Waals surface area contributed by atoms with E-state index in [1.165, 1.54) is 7.11 Å². The Morgan fingerprint density at radius 1 is 1.67 bits per heavy atom. The minimum atomic E-state index is -0.238. The molecule has 0 aliphatic carbocycles. The van der Waals surface area contributed by atoms with Crippen LogP contribution in [0.5, 0.6) is 0 Å². The Kier molecular flexibility index (Phi) is 5.07. The van der Waals surface area contributed by atoms with Crippen LogP contribution in [0.2, 0.25) is 0 Å². The van der Waals surface area contributed by atoms with Crippen LogP contribution >= 0.6 is 22.6 Å². The van der Waals surface area contributed by atoms with Crippen molar-refractivity contribution in [3.63, 3.8) is 0 Å². The van der Waals surface area contributed by atoms with Gasteiger partial charge >= 0.3 is 5.97 Å². The van der Waals surface area contributed by atoms with E-state index >= 15 is 0 Å². The van der Waals surface area contributed by atoms with Crippen molar-refractivity contribution in [1.82, 2.24) is 0 Å². The Morgan fingerprint density at radius 3 is 2.56 bits per heavy atom. The van der Waals surface area contributed by atoms with Crippen LogP contribution in [0.1, 0.15) is 0 Å². The van der Waals surface area contributed by atoms with Crippen molar-refractivity contribution in [2.24, 2.45) is 0 Å². The zero-order chi connectivity index (χ0) is 7.28. The summed E-state index contributed by atoms with van der Waals surface area (Å²) in [6, 6.07) is 0. The summed E-state index contributed by atoms with van der Waals surface area (Å²) in [5, 5.41) is 0. The van der Waals surface area contributed by atoms with Gasteiger partial charge in [0.05, 0.1) is 13.7 Å². The van der Waals surface area contributed by atoms with Gasteiger partial charge in [0.15, 0.2) is 0 Å². The Bertz CT molecular complexity index is 94.2. The Balaban J connectivity index is 3.45. The highest BCUT2D eigenvalue weighted by Crippen LogP contribution is 2.01. The van der Waals surface area contributed by atoms with Crippen LogP contribution in [0.15, 0.2) is 0 Å².